The first kappa shape index (κ1) is 22.3. The Balaban J connectivity index is 4.81. The molecule has 0 heterocycles. The molecule has 0 aromatic heterocycles. The Morgan fingerprint density at radius 1 is 0.818 bits per heavy atom. The number of unbranched alkanes of at least 4 members (excludes halogenated alkanes) is 5. The largest absolute Gasteiger partial charge is 0.270 e. The molecule has 0 rings (SSSR count). The highest BCUT2D eigenvalue weighted by molar-refractivity contribution is 8.30. The minimum Gasteiger partial charge on any atom is -0.270 e. The van der Waals surface area contributed by atoms with E-state index in [4.69, 9.17) is 15.4 Å². The molecule has 134 valence electrons. The molecule has 0 saturated heterocycles. The summed E-state index contributed by atoms with van der Waals surface area (Å²) in [4.78, 5) is 0. The Labute approximate surface area is 142 Å². The van der Waals surface area contributed by atoms with Gasteiger partial charge >= 0.3 is 0 Å². The van der Waals surface area contributed by atoms with Gasteiger partial charge in [-0.2, -0.15) is 0 Å². The van der Waals surface area contributed by atoms with Crippen LogP contribution in [0.2, 0.25) is 0 Å². The van der Waals surface area contributed by atoms with Crippen LogP contribution < -0.4 is 0 Å². The van der Waals surface area contributed by atoms with Crippen molar-refractivity contribution in [2.45, 2.75) is 84.0 Å². The van der Waals surface area contributed by atoms with E-state index in [1.807, 2.05) is 20.8 Å². The minimum atomic E-state index is -3.40. The van der Waals surface area contributed by atoms with Gasteiger partial charge in [-0.1, -0.05) is 59.3 Å². The van der Waals surface area contributed by atoms with Crippen LogP contribution in [0.4, 0.5) is 0 Å². The van der Waals surface area contributed by atoms with Crippen molar-refractivity contribution in [3.8, 4) is 0 Å². The highest BCUT2D eigenvalue weighted by Crippen LogP contribution is 2.18. The Bertz CT molecular complexity index is 469. The third-order valence-corrected chi connectivity index (χ3v) is 7.64. The first-order valence-corrected chi connectivity index (χ1v) is 12.7. The summed E-state index contributed by atoms with van der Waals surface area (Å²) in [5.41, 5.74) is -1.00. The minimum absolute atomic E-state index is 0.0923. The summed E-state index contributed by atoms with van der Waals surface area (Å²) in [6, 6.07) is 0. The van der Waals surface area contributed by atoms with Crippen molar-refractivity contribution < 1.29 is 16.8 Å². The van der Waals surface area contributed by atoms with Crippen LogP contribution in [0.3, 0.4) is 0 Å². The fourth-order valence-corrected chi connectivity index (χ4v) is 6.20. The molecule has 2 unspecified atom stereocenters. The van der Waals surface area contributed by atoms with Gasteiger partial charge in [-0.15, -0.1) is 0 Å². The van der Waals surface area contributed by atoms with E-state index in [1.165, 1.54) is 0 Å². The molecule has 0 aliphatic heterocycles. The summed E-state index contributed by atoms with van der Waals surface area (Å²) in [6.07, 6.45) is 7.10. The van der Waals surface area contributed by atoms with Crippen LogP contribution in [0.15, 0.2) is 0 Å². The van der Waals surface area contributed by atoms with Crippen molar-refractivity contribution in [1.82, 2.24) is 0 Å². The summed E-state index contributed by atoms with van der Waals surface area (Å²) in [6.45, 7) is 6.07. The molecule has 0 amide bonds. The molecule has 0 fully saturated rings. The zero-order valence-corrected chi connectivity index (χ0v) is 16.7. The first-order valence-electron chi connectivity index (χ1n) is 8.41. The van der Waals surface area contributed by atoms with Gasteiger partial charge in [0.25, 0.3) is 0 Å². The number of sulfone groups is 1. The van der Waals surface area contributed by atoms with E-state index in [9.17, 15) is 12.6 Å². The molecule has 0 aromatic carbocycles. The fraction of sp³-hybridized carbons (Fsp3) is 1.00. The molecule has 0 aliphatic carbocycles. The maximum atomic E-state index is 12.4. The van der Waals surface area contributed by atoms with E-state index in [2.05, 4.69) is 0 Å². The van der Waals surface area contributed by atoms with Crippen molar-refractivity contribution in [2.75, 3.05) is 11.5 Å². The van der Waals surface area contributed by atoms with Gasteiger partial charge in [-0.3, -0.25) is 4.18 Å². The number of hydrogen-bond donors (Lipinski definition) is 0. The highest BCUT2D eigenvalue weighted by atomic mass is 32.8. The van der Waals surface area contributed by atoms with E-state index in [0.29, 0.717) is 12.8 Å². The summed E-state index contributed by atoms with van der Waals surface area (Å²) < 4.78 is 42.6. The van der Waals surface area contributed by atoms with Crippen molar-refractivity contribution >= 4 is 29.8 Å². The standard InChI is InChI=1S/C15H32O4S3/c1-4-7-10-13-21(16,17)15(12-9-6-3)19-22(18,20)14-11-8-5-2/h15H,4-14H2,1-3H3. The lowest BCUT2D eigenvalue weighted by Gasteiger charge is -2.19. The van der Waals surface area contributed by atoms with Crippen LogP contribution >= 0.6 is 0 Å². The summed E-state index contributed by atoms with van der Waals surface area (Å²) in [7, 11) is -6.34. The topological polar surface area (TPSA) is 60.4 Å². The van der Waals surface area contributed by atoms with Crippen LogP contribution in [0.25, 0.3) is 0 Å². The number of hydrogen-bond acceptors (Lipinski definition) is 5. The molecule has 0 aliphatic rings. The van der Waals surface area contributed by atoms with Gasteiger partial charge in [0.05, 0.1) is 11.5 Å². The zero-order chi connectivity index (χ0) is 17.1. The second-order valence-corrected chi connectivity index (χ2v) is 11.2. The van der Waals surface area contributed by atoms with E-state index < -0.39 is 24.0 Å². The van der Waals surface area contributed by atoms with E-state index in [1.54, 1.807) is 0 Å². The molecule has 4 nitrogen and oxygen atoms in total. The molecule has 0 bridgehead atoms. The maximum absolute atomic E-state index is 12.4. The summed E-state index contributed by atoms with van der Waals surface area (Å²) in [5.74, 6) is 0.359. The van der Waals surface area contributed by atoms with Crippen molar-refractivity contribution in [2.24, 2.45) is 0 Å². The average molecular weight is 373 g/mol. The highest BCUT2D eigenvalue weighted by Gasteiger charge is 2.29. The molecule has 2 atom stereocenters. The second kappa shape index (κ2) is 11.8. The lowest BCUT2D eigenvalue weighted by Crippen LogP contribution is -2.30. The third-order valence-electron chi connectivity index (χ3n) is 3.48. The van der Waals surface area contributed by atoms with Gasteiger partial charge in [0.2, 0.25) is 0 Å². The van der Waals surface area contributed by atoms with Crippen LogP contribution in [0.1, 0.15) is 78.6 Å². The molecule has 0 saturated carbocycles. The number of rotatable bonds is 14. The van der Waals surface area contributed by atoms with Gasteiger partial charge in [-0.25, -0.2) is 12.6 Å². The Hall–Kier alpha value is 0.280. The predicted octanol–water partition coefficient (Wildman–Crippen LogP) is 3.98. The average Bonchev–Trinajstić information content (AvgIpc) is 2.43. The van der Waals surface area contributed by atoms with Gasteiger partial charge in [0.15, 0.2) is 15.3 Å². The summed E-state index contributed by atoms with van der Waals surface area (Å²) >= 11 is 5.03. The molecular weight excluding hydrogens is 340 g/mol. The zero-order valence-electron chi connectivity index (χ0n) is 14.2. The first-order chi connectivity index (χ1) is 10.3. The molecule has 0 N–H and O–H groups in total. The van der Waals surface area contributed by atoms with Crippen LogP contribution in [0.5, 0.6) is 0 Å². The molecule has 0 radical (unpaired) electrons. The fourth-order valence-electron chi connectivity index (χ4n) is 2.08. The molecule has 22 heavy (non-hydrogen) atoms. The van der Waals surface area contributed by atoms with E-state index in [0.717, 1.165) is 44.9 Å². The van der Waals surface area contributed by atoms with Crippen molar-refractivity contribution in [3.63, 3.8) is 0 Å². The van der Waals surface area contributed by atoms with Crippen LogP contribution in [-0.2, 0) is 34.0 Å². The second-order valence-electron chi connectivity index (χ2n) is 5.71. The van der Waals surface area contributed by atoms with Gasteiger partial charge in [-0.05, 0) is 19.3 Å². The van der Waals surface area contributed by atoms with Gasteiger partial charge in [0.1, 0.15) is 8.77 Å². The van der Waals surface area contributed by atoms with Crippen molar-refractivity contribution in [1.29, 1.82) is 0 Å². The quantitative estimate of drug-likeness (QED) is 0.432. The Morgan fingerprint density at radius 2 is 1.32 bits per heavy atom. The monoisotopic (exact) mass is 372 g/mol. The van der Waals surface area contributed by atoms with Gasteiger partial charge in [0, 0.05) is 11.2 Å². The van der Waals surface area contributed by atoms with E-state index in [-0.39, 0.29) is 11.5 Å². The van der Waals surface area contributed by atoms with Crippen molar-refractivity contribution in [3.05, 3.63) is 0 Å². The van der Waals surface area contributed by atoms with Gasteiger partial charge < -0.3 is 0 Å². The lowest BCUT2D eigenvalue weighted by molar-refractivity contribution is 0.282. The normalized spacial score (nSPS) is 16.3. The maximum Gasteiger partial charge on any atom is 0.178 e. The molecule has 7 heteroatoms. The molecule has 0 aromatic rings. The SMILES string of the molecule is CCCCCS(=O)(=O)C(CCCC)OS(=O)(=S)CCCCC. The van der Waals surface area contributed by atoms with Crippen LogP contribution in [-0.4, -0.2) is 29.6 Å². The predicted molar refractivity (Wildman–Crippen MR) is 97.6 cm³/mol. The van der Waals surface area contributed by atoms with Crippen LogP contribution in [0, 0.1) is 0 Å². The third kappa shape index (κ3) is 10.1. The lowest BCUT2D eigenvalue weighted by atomic mass is 10.3. The Kier molecular flexibility index (Phi) is 11.9. The molecular formula is C15H32O4S3. The Morgan fingerprint density at radius 3 is 1.82 bits per heavy atom. The summed E-state index contributed by atoms with van der Waals surface area (Å²) in [5, 5.41) is 0. The smallest absolute Gasteiger partial charge is 0.178 e. The van der Waals surface area contributed by atoms with E-state index >= 15 is 0 Å². The molecule has 0 spiro atoms.